The quantitative estimate of drug-likeness (QED) is 0.328. The van der Waals surface area contributed by atoms with Crippen molar-refractivity contribution in [2.45, 2.75) is 73.4 Å². The van der Waals surface area contributed by atoms with Gasteiger partial charge in [-0.1, -0.05) is 134 Å². The molecule has 9 nitrogen and oxygen atoms in total. The highest BCUT2D eigenvalue weighted by atomic mass is 32.1. The first-order valence-electron chi connectivity index (χ1n) is 15.3. The van der Waals surface area contributed by atoms with E-state index in [0.29, 0.717) is 29.6 Å². The topological polar surface area (TPSA) is 133 Å². The fourth-order valence-electron chi connectivity index (χ4n) is 5.61. The molecule has 0 unspecified atom stereocenters. The van der Waals surface area contributed by atoms with Gasteiger partial charge in [-0.2, -0.15) is 16.8 Å². The van der Waals surface area contributed by atoms with Gasteiger partial charge in [-0.3, -0.25) is 0 Å². The Hall–Kier alpha value is -3.09. The minimum absolute atomic E-state index is 0. The molecular weight excluding hydrogens is 641 g/mol. The van der Waals surface area contributed by atoms with Crippen molar-refractivity contribution in [1.82, 2.24) is 0 Å². The van der Waals surface area contributed by atoms with Gasteiger partial charge >= 0.3 is 29.1 Å². The number of carbonyl (C=O) groups excluding carboxylic acids is 1. The summed E-state index contributed by atoms with van der Waals surface area (Å²) in [6, 6.07) is 20.4. The van der Waals surface area contributed by atoms with E-state index in [-0.39, 0.29) is 47.1 Å². The number of carbonyl (C=O) groups is 1. The zero-order chi connectivity index (χ0) is 34.6. The molecule has 0 saturated carbocycles. The molecule has 0 bridgehead atoms. The SMILES string of the molecule is C.COC(=O)[C@H]1O[C@@H](/C=C/c2ccccc2)[C@@H](C)[C@@H](C)[C@H]1C.C[C@H]1[C@@H](C)[C@@H](CO)O[C@@H](/C=C/c2ccccc2)[C@H]1C.O=S=O.O=S=O.[HH].[HH]. The van der Waals surface area contributed by atoms with Gasteiger partial charge in [-0.25, -0.2) is 4.79 Å². The maximum Gasteiger partial charge on any atom is 0.335 e. The van der Waals surface area contributed by atoms with Crippen LogP contribution in [0.2, 0.25) is 0 Å². The summed E-state index contributed by atoms with van der Waals surface area (Å²) in [6.07, 6.45) is 7.84. The van der Waals surface area contributed by atoms with E-state index in [1.54, 1.807) is 0 Å². The number of ether oxygens (including phenoxy) is 3. The monoisotopic (exact) mass is 696 g/mol. The number of methoxy groups -OCH3 is 1. The number of aliphatic hydroxyl groups is 1. The summed E-state index contributed by atoms with van der Waals surface area (Å²) in [5, 5.41) is 9.42. The Labute approximate surface area is 291 Å². The maximum absolute atomic E-state index is 11.9. The second-order valence-electron chi connectivity index (χ2n) is 11.7. The molecule has 47 heavy (non-hydrogen) atoms. The largest absolute Gasteiger partial charge is 0.467 e. The third-order valence-corrected chi connectivity index (χ3v) is 9.22. The predicted molar refractivity (Wildman–Crippen MR) is 191 cm³/mol. The molecule has 0 amide bonds. The van der Waals surface area contributed by atoms with Crippen molar-refractivity contribution in [3.8, 4) is 0 Å². The van der Waals surface area contributed by atoms with Gasteiger partial charge in [-0.15, -0.1) is 0 Å². The molecule has 2 aliphatic heterocycles. The van der Waals surface area contributed by atoms with Crippen LogP contribution in [0.4, 0.5) is 0 Å². The molecule has 2 fully saturated rings. The van der Waals surface area contributed by atoms with Crippen LogP contribution >= 0.6 is 0 Å². The Morgan fingerprint density at radius 1 is 0.702 bits per heavy atom. The fourth-order valence-corrected chi connectivity index (χ4v) is 5.61. The van der Waals surface area contributed by atoms with Crippen LogP contribution < -0.4 is 0 Å². The van der Waals surface area contributed by atoms with Crippen molar-refractivity contribution in [3.05, 3.63) is 83.9 Å². The first-order valence-corrected chi connectivity index (χ1v) is 16.6. The van der Waals surface area contributed by atoms with Crippen LogP contribution in [-0.2, 0) is 42.1 Å². The average Bonchev–Trinajstić information content (AvgIpc) is 3.07. The summed E-state index contributed by atoms with van der Waals surface area (Å²) in [6.45, 7) is 13.2. The smallest absolute Gasteiger partial charge is 0.335 e. The van der Waals surface area contributed by atoms with E-state index in [2.05, 4.69) is 78.0 Å². The Balaban J connectivity index is -0.000000708. The molecule has 1 N–H and O–H groups in total. The number of hydrogen-bond donors (Lipinski definition) is 1. The molecule has 0 spiro atoms. The van der Waals surface area contributed by atoms with E-state index in [1.807, 2.05) is 48.5 Å². The van der Waals surface area contributed by atoms with Gasteiger partial charge in [0.2, 0.25) is 0 Å². The third kappa shape index (κ3) is 14.3. The molecule has 0 aliphatic carbocycles. The van der Waals surface area contributed by atoms with Crippen molar-refractivity contribution in [2.24, 2.45) is 35.5 Å². The number of hydrogen-bond acceptors (Lipinski definition) is 9. The van der Waals surface area contributed by atoms with Crippen molar-refractivity contribution in [2.75, 3.05) is 13.7 Å². The van der Waals surface area contributed by atoms with Gasteiger partial charge in [0.1, 0.15) is 0 Å². The lowest BCUT2D eigenvalue weighted by molar-refractivity contribution is -0.175. The minimum Gasteiger partial charge on any atom is -0.467 e. The Morgan fingerprint density at radius 3 is 1.47 bits per heavy atom. The standard InChI is InChI=1S/C18H24O3.C17H24O2.CH4.2O2S.2H2/c1-12-13(2)16(11-10-15-8-6-5-7-9-15)21-17(14(12)3)18(19)20-4;1-12-13(2)16(19-17(11-18)14(12)3)10-9-15-7-5-4-6-8-15;;2*1-3-2;;/h5-14,16-17H,1-4H3;4-10,12-14,16-18H,11H2,1-3H3;1H4;;;2*1H/b11-10+;10-9+;;;;;/t12-,13+,14-,16+,17+;12-,13+,14-,16+,17-;;;;;/m11...../s1. The normalized spacial score (nSPS) is 29.7. The Morgan fingerprint density at radius 2 is 1.09 bits per heavy atom. The van der Waals surface area contributed by atoms with Crippen LogP contribution in [0, 0.1) is 35.5 Å². The summed E-state index contributed by atoms with van der Waals surface area (Å²) < 4.78 is 50.0. The summed E-state index contributed by atoms with van der Waals surface area (Å²) >= 11 is -1.50. The molecule has 10 atom stereocenters. The molecule has 11 heteroatoms. The number of benzene rings is 2. The predicted octanol–water partition coefficient (Wildman–Crippen LogP) is 6.70. The van der Waals surface area contributed by atoms with Crippen LogP contribution in [0.1, 0.15) is 62.9 Å². The van der Waals surface area contributed by atoms with E-state index in [9.17, 15) is 9.90 Å². The van der Waals surface area contributed by atoms with Crippen LogP contribution in [0.3, 0.4) is 0 Å². The first kappa shape index (κ1) is 43.9. The number of aliphatic hydroxyl groups excluding tert-OH is 1. The average molecular weight is 697 g/mol. The summed E-state index contributed by atoms with van der Waals surface area (Å²) in [7, 11) is 1.41. The molecule has 0 radical (unpaired) electrons. The second kappa shape index (κ2) is 24.1. The zero-order valence-corrected chi connectivity index (χ0v) is 29.2. The van der Waals surface area contributed by atoms with Crippen LogP contribution in [0.15, 0.2) is 72.8 Å². The highest BCUT2D eigenvalue weighted by Crippen LogP contribution is 2.37. The highest BCUT2D eigenvalue weighted by Gasteiger charge is 2.42. The molecule has 2 heterocycles. The molecule has 2 aromatic carbocycles. The van der Waals surface area contributed by atoms with Gasteiger partial charge in [0.05, 0.1) is 32.0 Å². The molecule has 4 rings (SSSR count). The summed E-state index contributed by atoms with van der Waals surface area (Å²) in [5.74, 6) is 2.07. The lowest BCUT2D eigenvalue weighted by atomic mass is 9.76. The number of esters is 1. The van der Waals surface area contributed by atoms with E-state index in [0.717, 1.165) is 5.56 Å². The van der Waals surface area contributed by atoms with E-state index >= 15 is 0 Å². The molecule has 266 valence electrons. The molecule has 0 aromatic heterocycles. The Bertz CT molecular complexity index is 1270. The van der Waals surface area contributed by atoms with Gasteiger partial charge < -0.3 is 19.3 Å². The van der Waals surface area contributed by atoms with E-state index < -0.39 is 29.2 Å². The molecule has 2 aromatic rings. The van der Waals surface area contributed by atoms with Gasteiger partial charge in [0.25, 0.3) is 0 Å². The maximum atomic E-state index is 11.9. The summed E-state index contributed by atoms with van der Waals surface area (Å²) in [5.41, 5.74) is 2.32. The first-order chi connectivity index (χ1) is 22.0. The lowest BCUT2D eigenvalue weighted by Crippen LogP contribution is -2.47. The van der Waals surface area contributed by atoms with Crippen LogP contribution in [-0.4, -0.2) is 66.0 Å². The molecule has 2 saturated heterocycles. The molecule has 2 aliphatic rings. The second-order valence-corrected chi connectivity index (χ2v) is 12.0. The summed E-state index contributed by atoms with van der Waals surface area (Å²) in [4.78, 5) is 11.9. The van der Waals surface area contributed by atoms with Crippen LogP contribution in [0.5, 0.6) is 0 Å². The van der Waals surface area contributed by atoms with Crippen molar-refractivity contribution < 1.29 is 43.8 Å². The van der Waals surface area contributed by atoms with Gasteiger partial charge in [0, 0.05) is 2.85 Å². The van der Waals surface area contributed by atoms with Crippen molar-refractivity contribution in [1.29, 1.82) is 0 Å². The number of rotatable bonds is 6. The minimum atomic E-state index is -0.750. The van der Waals surface area contributed by atoms with Gasteiger partial charge in [0.15, 0.2) is 6.10 Å². The Kier molecular flexibility index (Phi) is 22.5. The van der Waals surface area contributed by atoms with Crippen molar-refractivity contribution in [3.63, 3.8) is 0 Å². The van der Waals surface area contributed by atoms with E-state index in [1.165, 1.54) is 12.7 Å². The lowest BCUT2D eigenvalue weighted by Gasteiger charge is -2.42. The van der Waals surface area contributed by atoms with Gasteiger partial charge in [-0.05, 0) is 46.6 Å². The molecular formula is C36H56O9S2. The van der Waals surface area contributed by atoms with Crippen LogP contribution in [0.25, 0.3) is 12.2 Å². The zero-order valence-electron chi connectivity index (χ0n) is 27.6. The van der Waals surface area contributed by atoms with Crippen molar-refractivity contribution >= 4 is 41.3 Å². The fraction of sp³-hybridized carbons (Fsp3) is 0.528. The third-order valence-electron chi connectivity index (χ3n) is 9.22. The van der Waals surface area contributed by atoms with E-state index in [4.69, 9.17) is 31.0 Å². The highest BCUT2D eigenvalue weighted by molar-refractivity contribution is 7.51.